The van der Waals surface area contributed by atoms with E-state index in [2.05, 4.69) is 4.99 Å². The number of halogens is 1. The van der Waals surface area contributed by atoms with E-state index in [0.717, 1.165) is 29.5 Å². The highest BCUT2D eigenvalue weighted by Crippen LogP contribution is 2.34. The standard InChI is InChI=1S/C19H15FN4O/c20-17-6-2-5-14(16(17)10-21)13-4-1-3-11-7-8-12(9-15(11)13)18(25)24-19(22)23/h2,4-9H,1,3H2,(H4,22,23,24,25). The molecule has 3 rings (SSSR count). The summed E-state index contributed by atoms with van der Waals surface area (Å²) in [7, 11) is 0. The lowest BCUT2D eigenvalue weighted by atomic mass is 9.84. The summed E-state index contributed by atoms with van der Waals surface area (Å²) in [6, 6.07) is 11.6. The molecule has 0 saturated carbocycles. The van der Waals surface area contributed by atoms with Crippen molar-refractivity contribution < 1.29 is 9.18 Å². The summed E-state index contributed by atoms with van der Waals surface area (Å²) in [6.07, 6.45) is 3.52. The molecule has 4 N–H and O–H groups in total. The molecule has 6 heteroatoms. The number of amides is 1. The Balaban J connectivity index is 2.14. The second-order valence-corrected chi connectivity index (χ2v) is 5.64. The lowest BCUT2D eigenvalue weighted by molar-refractivity contribution is 0.100. The number of nitrogens with zero attached hydrogens (tertiary/aromatic N) is 2. The van der Waals surface area contributed by atoms with Gasteiger partial charge in [0.1, 0.15) is 11.9 Å². The van der Waals surface area contributed by atoms with Crippen molar-refractivity contribution in [3.05, 3.63) is 76.1 Å². The summed E-state index contributed by atoms with van der Waals surface area (Å²) in [5, 5.41) is 9.30. The van der Waals surface area contributed by atoms with Crippen molar-refractivity contribution in [3.8, 4) is 6.07 Å². The van der Waals surface area contributed by atoms with Gasteiger partial charge in [0.05, 0.1) is 5.56 Å². The number of nitriles is 1. The molecule has 2 aromatic carbocycles. The highest BCUT2D eigenvalue weighted by atomic mass is 19.1. The van der Waals surface area contributed by atoms with E-state index in [1.54, 1.807) is 24.3 Å². The summed E-state index contributed by atoms with van der Waals surface area (Å²) < 4.78 is 14.0. The molecule has 0 spiro atoms. The first-order valence-corrected chi connectivity index (χ1v) is 7.67. The predicted octanol–water partition coefficient (Wildman–Crippen LogP) is 2.49. The zero-order chi connectivity index (χ0) is 18.0. The number of nitrogens with two attached hydrogens (primary N) is 2. The van der Waals surface area contributed by atoms with Gasteiger partial charge < -0.3 is 11.5 Å². The molecule has 1 amide bonds. The number of aliphatic imine (C=N–C) groups is 1. The minimum atomic E-state index is -0.569. The third kappa shape index (κ3) is 3.12. The Bertz CT molecular complexity index is 966. The lowest BCUT2D eigenvalue weighted by Crippen LogP contribution is -2.24. The van der Waals surface area contributed by atoms with E-state index in [0.29, 0.717) is 11.1 Å². The highest BCUT2D eigenvalue weighted by molar-refractivity contribution is 6.02. The fourth-order valence-electron chi connectivity index (χ4n) is 2.96. The smallest absolute Gasteiger partial charge is 0.280 e. The number of fused-ring (bicyclic) bond motifs is 1. The van der Waals surface area contributed by atoms with E-state index in [4.69, 9.17) is 11.5 Å². The first-order chi connectivity index (χ1) is 12.0. The van der Waals surface area contributed by atoms with Crippen molar-refractivity contribution >= 4 is 17.4 Å². The van der Waals surface area contributed by atoms with Crippen LogP contribution < -0.4 is 11.5 Å². The number of benzene rings is 2. The van der Waals surface area contributed by atoms with Crippen molar-refractivity contribution in [2.45, 2.75) is 12.8 Å². The SMILES string of the molecule is N#Cc1c(F)cccc1C1=CCCc2ccc(C(=O)N=C(N)N)cc21. The number of carbonyl (C=O) groups excluding carboxylic acids is 1. The number of guanidine groups is 1. The van der Waals surface area contributed by atoms with Gasteiger partial charge in [-0.1, -0.05) is 24.3 Å². The molecule has 0 aromatic heterocycles. The van der Waals surface area contributed by atoms with E-state index in [1.165, 1.54) is 6.07 Å². The summed E-state index contributed by atoms with van der Waals surface area (Å²) in [4.78, 5) is 15.6. The Hall–Kier alpha value is -3.46. The number of hydrogen-bond donors (Lipinski definition) is 2. The number of rotatable bonds is 2. The molecule has 5 nitrogen and oxygen atoms in total. The zero-order valence-electron chi connectivity index (χ0n) is 13.3. The van der Waals surface area contributed by atoms with Crippen molar-refractivity contribution in [3.63, 3.8) is 0 Å². The number of allylic oxidation sites excluding steroid dienone is 1. The topological polar surface area (TPSA) is 105 Å². The molecular formula is C19H15FN4O. The number of hydrogen-bond acceptors (Lipinski definition) is 2. The summed E-state index contributed by atoms with van der Waals surface area (Å²) in [5.41, 5.74) is 13.9. The van der Waals surface area contributed by atoms with Crippen LogP contribution in [0.2, 0.25) is 0 Å². The van der Waals surface area contributed by atoms with Crippen LogP contribution in [0.1, 0.15) is 39.0 Å². The quantitative estimate of drug-likeness (QED) is 0.650. The van der Waals surface area contributed by atoms with Crippen molar-refractivity contribution in [2.75, 3.05) is 0 Å². The number of carbonyl (C=O) groups is 1. The Morgan fingerprint density at radius 1 is 1.20 bits per heavy atom. The van der Waals surface area contributed by atoms with Crippen LogP contribution in [0.15, 0.2) is 47.5 Å². The molecule has 0 bridgehead atoms. The second-order valence-electron chi connectivity index (χ2n) is 5.64. The molecule has 0 atom stereocenters. The van der Waals surface area contributed by atoms with Crippen LogP contribution in [0.25, 0.3) is 5.57 Å². The molecule has 1 aliphatic rings. The Morgan fingerprint density at radius 3 is 2.72 bits per heavy atom. The van der Waals surface area contributed by atoms with E-state index in [1.807, 2.05) is 18.2 Å². The highest BCUT2D eigenvalue weighted by Gasteiger charge is 2.20. The number of aryl methyl sites for hydroxylation is 1. The van der Waals surface area contributed by atoms with Crippen LogP contribution in [0.4, 0.5) is 4.39 Å². The van der Waals surface area contributed by atoms with Gasteiger partial charge in [0.25, 0.3) is 5.91 Å². The normalized spacial score (nSPS) is 12.6. The molecule has 0 radical (unpaired) electrons. The fourth-order valence-corrected chi connectivity index (χ4v) is 2.96. The summed E-state index contributed by atoms with van der Waals surface area (Å²) in [6.45, 7) is 0. The predicted molar refractivity (Wildman–Crippen MR) is 93.1 cm³/mol. The average molecular weight is 334 g/mol. The van der Waals surface area contributed by atoms with Crippen molar-refractivity contribution in [1.82, 2.24) is 0 Å². The first kappa shape index (κ1) is 16.4. The second kappa shape index (κ2) is 6.57. The minimum absolute atomic E-state index is 0.0115. The fraction of sp³-hybridized carbons (Fsp3) is 0.105. The largest absolute Gasteiger partial charge is 0.370 e. The molecule has 124 valence electrons. The Labute approximate surface area is 144 Å². The minimum Gasteiger partial charge on any atom is -0.370 e. The third-order valence-electron chi connectivity index (χ3n) is 4.06. The molecule has 25 heavy (non-hydrogen) atoms. The zero-order valence-corrected chi connectivity index (χ0v) is 13.3. The molecule has 0 heterocycles. The van der Waals surface area contributed by atoms with Gasteiger partial charge in [0, 0.05) is 11.1 Å². The van der Waals surface area contributed by atoms with E-state index in [-0.39, 0.29) is 11.5 Å². The van der Waals surface area contributed by atoms with Crippen LogP contribution in [0.3, 0.4) is 0 Å². The molecule has 0 saturated heterocycles. The summed E-state index contributed by atoms with van der Waals surface area (Å²) in [5.74, 6) is -1.43. The van der Waals surface area contributed by atoms with Crippen LogP contribution in [-0.2, 0) is 6.42 Å². The maximum atomic E-state index is 14.0. The van der Waals surface area contributed by atoms with E-state index < -0.39 is 11.7 Å². The molecular weight excluding hydrogens is 319 g/mol. The molecule has 0 aliphatic heterocycles. The maximum Gasteiger partial charge on any atom is 0.280 e. The summed E-state index contributed by atoms with van der Waals surface area (Å²) >= 11 is 0. The van der Waals surface area contributed by atoms with Gasteiger partial charge in [-0.05, 0) is 47.7 Å². The van der Waals surface area contributed by atoms with Gasteiger partial charge in [-0.3, -0.25) is 4.79 Å². The van der Waals surface area contributed by atoms with Crippen LogP contribution >= 0.6 is 0 Å². The first-order valence-electron chi connectivity index (χ1n) is 7.67. The monoisotopic (exact) mass is 334 g/mol. The van der Waals surface area contributed by atoms with Gasteiger partial charge in [-0.25, -0.2) is 4.39 Å². The van der Waals surface area contributed by atoms with Gasteiger partial charge in [-0.2, -0.15) is 10.3 Å². The van der Waals surface area contributed by atoms with Gasteiger partial charge in [-0.15, -0.1) is 0 Å². The van der Waals surface area contributed by atoms with Crippen LogP contribution in [0, 0.1) is 17.1 Å². The van der Waals surface area contributed by atoms with Crippen molar-refractivity contribution in [1.29, 1.82) is 5.26 Å². The van der Waals surface area contributed by atoms with Crippen LogP contribution in [-0.4, -0.2) is 11.9 Å². The molecule has 2 aromatic rings. The van der Waals surface area contributed by atoms with Gasteiger partial charge in [0.2, 0.25) is 0 Å². The third-order valence-corrected chi connectivity index (χ3v) is 4.06. The average Bonchev–Trinajstić information content (AvgIpc) is 2.60. The molecule has 1 aliphatic carbocycles. The molecule has 0 fully saturated rings. The lowest BCUT2D eigenvalue weighted by Gasteiger charge is -2.19. The molecule has 0 unspecified atom stereocenters. The maximum absolute atomic E-state index is 14.0. The Kier molecular flexibility index (Phi) is 4.31. The van der Waals surface area contributed by atoms with Crippen molar-refractivity contribution in [2.24, 2.45) is 16.5 Å². The Morgan fingerprint density at radius 2 is 2.00 bits per heavy atom. The van der Waals surface area contributed by atoms with Gasteiger partial charge >= 0.3 is 0 Å². The van der Waals surface area contributed by atoms with E-state index >= 15 is 0 Å². The van der Waals surface area contributed by atoms with Gasteiger partial charge in [0.15, 0.2) is 5.96 Å². The van der Waals surface area contributed by atoms with E-state index in [9.17, 15) is 14.4 Å². The van der Waals surface area contributed by atoms with Crippen LogP contribution in [0.5, 0.6) is 0 Å².